The third kappa shape index (κ3) is 2.89. The largest absolute Gasteiger partial charge is 0.497 e. The Bertz CT molecular complexity index is 1050. The third-order valence-electron chi connectivity index (χ3n) is 4.15. The van der Waals surface area contributed by atoms with Crippen LogP contribution in [0.15, 0.2) is 59.0 Å². The van der Waals surface area contributed by atoms with E-state index in [0.29, 0.717) is 18.1 Å². The molecule has 4 aromatic rings. The molecule has 0 saturated heterocycles. The molecule has 2 heterocycles. The molecule has 0 aliphatic carbocycles. The summed E-state index contributed by atoms with van der Waals surface area (Å²) < 4.78 is 26.8. The Labute approximate surface area is 144 Å². The minimum Gasteiger partial charge on any atom is -0.497 e. The molecule has 4 nitrogen and oxygen atoms in total. The Morgan fingerprint density at radius 1 is 1.12 bits per heavy atom. The first-order valence-electron chi connectivity index (χ1n) is 7.99. The van der Waals surface area contributed by atoms with Crippen molar-refractivity contribution in [2.45, 2.75) is 13.5 Å². The van der Waals surface area contributed by atoms with Gasteiger partial charge in [0.05, 0.1) is 18.1 Å². The lowest BCUT2D eigenvalue weighted by Crippen LogP contribution is -2.02. The number of hydrogen-bond acceptors (Lipinski definition) is 3. The standard InChI is InChI=1S/C20H17FN2O2/c1-13-6-9-19(25-13)20-22-17-8-7-15(21)11-18(17)23(20)12-14-4-3-5-16(10-14)24-2/h3-11H,12H2,1-2H3. The van der Waals surface area contributed by atoms with E-state index in [9.17, 15) is 4.39 Å². The van der Waals surface area contributed by atoms with Gasteiger partial charge in [0.15, 0.2) is 11.6 Å². The van der Waals surface area contributed by atoms with E-state index in [0.717, 1.165) is 28.1 Å². The Morgan fingerprint density at radius 2 is 2.00 bits per heavy atom. The number of methoxy groups -OCH3 is 1. The van der Waals surface area contributed by atoms with E-state index in [1.807, 2.05) is 47.9 Å². The van der Waals surface area contributed by atoms with Crippen molar-refractivity contribution in [3.8, 4) is 17.3 Å². The molecule has 0 aliphatic heterocycles. The van der Waals surface area contributed by atoms with Crippen LogP contribution < -0.4 is 4.74 Å². The molecule has 5 heteroatoms. The Balaban J connectivity index is 1.88. The van der Waals surface area contributed by atoms with Crippen LogP contribution in [0.5, 0.6) is 5.75 Å². The number of rotatable bonds is 4. The van der Waals surface area contributed by atoms with Gasteiger partial charge in [-0.3, -0.25) is 0 Å². The molecule has 0 atom stereocenters. The highest BCUT2D eigenvalue weighted by atomic mass is 19.1. The van der Waals surface area contributed by atoms with Crippen molar-refractivity contribution in [2.24, 2.45) is 0 Å². The van der Waals surface area contributed by atoms with E-state index in [2.05, 4.69) is 4.98 Å². The maximum absolute atomic E-state index is 13.8. The number of hydrogen-bond donors (Lipinski definition) is 0. The lowest BCUT2D eigenvalue weighted by Gasteiger charge is -2.09. The molecule has 0 spiro atoms. The van der Waals surface area contributed by atoms with Crippen LogP contribution >= 0.6 is 0 Å². The summed E-state index contributed by atoms with van der Waals surface area (Å²) in [5.41, 5.74) is 2.49. The molecule has 0 saturated carbocycles. The molecular formula is C20H17FN2O2. The fourth-order valence-corrected chi connectivity index (χ4v) is 2.95. The van der Waals surface area contributed by atoms with Crippen molar-refractivity contribution in [2.75, 3.05) is 7.11 Å². The second-order valence-electron chi connectivity index (χ2n) is 5.92. The number of halogens is 1. The molecule has 0 bridgehead atoms. The molecule has 0 radical (unpaired) electrons. The van der Waals surface area contributed by atoms with E-state index in [1.54, 1.807) is 13.2 Å². The zero-order valence-electron chi connectivity index (χ0n) is 14.0. The van der Waals surface area contributed by atoms with Crippen molar-refractivity contribution in [1.29, 1.82) is 0 Å². The second-order valence-corrected chi connectivity index (χ2v) is 5.92. The van der Waals surface area contributed by atoms with E-state index in [4.69, 9.17) is 9.15 Å². The van der Waals surface area contributed by atoms with Gasteiger partial charge < -0.3 is 13.7 Å². The van der Waals surface area contributed by atoms with Crippen molar-refractivity contribution >= 4 is 11.0 Å². The van der Waals surface area contributed by atoms with E-state index < -0.39 is 0 Å². The fraction of sp³-hybridized carbons (Fsp3) is 0.150. The highest BCUT2D eigenvalue weighted by Crippen LogP contribution is 2.28. The summed E-state index contributed by atoms with van der Waals surface area (Å²) in [5, 5.41) is 0. The van der Waals surface area contributed by atoms with Crippen LogP contribution in [0.25, 0.3) is 22.6 Å². The van der Waals surface area contributed by atoms with Crippen LogP contribution in [-0.2, 0) is 6.54 Å². The number of benzene rings is 2. The summed E-state index contributed by atoms with van der Waals surface area (Å²) in [6.07, 6.45) is 0. The Hall–Kier alpha value is -3.08. The van der Waals surface area contributed by atoms with Gasteiger partial charge in [0, 0.05) is 6.54 Å². The van der Waals surface area contributed by atoms with Crippen LogP contribution in [0.2, 0.25) is 0 Å². The van der Waals surface area contributed by atoms with Crippen LogP contribution in [0, 0.1) is 12.7 Å². The van der Waals surface area contributed by atoms with Crippen LogP contribution in [0.3, 0.4) is 0 Å². The smallest absolute Gasteiger partial charge is 0.177 e. The normalized spacial score (nSPS) is 11.2. The zero-order chi connectivity index (χ0) is 17.4. The molecule has 2 aromatic carbocycles. The molecule has 0 aliphatic rings. The van der Waals surface area contributed by atoms with Crippen molar-refractivity contribution in [3.05, 3.63) is 71.7 Å². The monoisotopic (exact) mass is 336 g/mol. The van der Waals surface area contributed by atoms with Crippen molar-refractivity contribution in [1.82, 2.24) is 9.55 Å². The summed E-state index contributed by atoms with van der Waals surface area (Å²) in [5.74, 6) is 2.64. The maximum Gasteiger partial charge on any atom is 0.177 e. The summed E-state index contributed by atoms with van der Waals surface area (Å²) in [4.78, 5) is 4.65. The zero-order valence-corrected chi connectivity index (χ0v) is 14.0. The highest BCUT2D eigenvalue weighted by molar-refractivity contribution is 5.80. The summed E-state index contributed by atoms with van der Waals surface area (Å²) >= 11 is 0. The number of aryl methyl sites for hydroxylation is 1. The number of imidazole rings is 1. The topological polar surface area (TPSA) is 40.2 Å². The SMILES string of the molecule is COc1cccc(Cn2c(-c3ccc(C)o3)nc3ccc(F)cc32)c1. The Kier molecular flexibility index (Phi) is 3.76. The number of nitrogens with zero attached hydrogens (tertiary/aromatic N) is 2. The van der Waals surface area contributed by atoms with Gasteiger partial charge in [-0.2, -0.15) is 0 Å². The van der Waals surface area contributed by atoms with Gasteiger partial charge in [-0.05, 0) is 55.0 Å². The summed E-state index contributed by atoms with van der Waals surface area (Å²) in [6.45, 7) is 2.42. The van der Waals surface area contributed by atoms with Gasteiger partial charge in [0.25, 0.3) is 0 Å². The second kappa shape index (κ2) is 6.09. The summed E-state index contributed by atoms with van der Waals surface area (Å²) in [6, 6.07) is 16.2. The summed E-state index contributed by atoms with van der Waals surface area (Å²) in [7, 11) is 1.64. The fourth-order valence-electron chi connectivity index (χ4n) is 2.95. The maximum atomic E-state index is 13.8. The first kappa shape index (κ1) is 15.4. The highest BCUT2D eigenvalue weighted by Gasteiger charge is 2.16. The van der Waals surface area contributed by atoms with Gasteiger partial charge in [-0.1, -0.05) is 12.1 Å². The van der Waals surface area contributed by atoms with Gasteiger partial charge in [0.2, 0.25) is 0 Å². The first-order chi connectivity index (χ1) is 12.1. The number of furan rings is 1. The third-order valence-corrected chi connectivity index (χ3v) is 4.15. The van der Waals surface area contributed by atoms with Crippen molar-refractivity contribution in [3.63, 3.8) is 0 Å². The van der Waals surface area contributed by atoms with Crippen LogP contribution in [0.1, 0.15) is 11.3 Å². The predicted octanol–water partition coefficient (Wildman–Crippen LogP) is 4.80. The lowest BCUT2D eigenvalue weighted by atomic mass is 10.2. The lowest BCUT2D eigenvalue weighted by molar-refractivity contribution is 0.414. The predicted molar refractivity (Wildman–Crippen MR) is 94.2 cm³/mol. The van der Waals surface area contributed by atoms with Gasteiger partial charge in [-0.25, -0.2) is 9.37 Å². The average Bonchev–Trinajstić information content (AvgIpc) is 3.19. The molecule has 4 rings (SSSR count). The molecule has 0 fully saturated rings. The minimum atomic E-state index is -0.290. The number of ether oxygens (including phenoxy) is 1. The van der Waals surface area contributed by atoms with E-state index in [1.165, 1.54) is 12.1 Å². The van der Waals surface area contributed by atoms with E-state index in [-0.39, 0.29) is 5.82 Å². The first-order valence-corrected chi connectivity index (χ1v) is 7.99. The molecule has 0 unspecified atom stereocenters. The number of aromatic nitrogens is 2. The quantitative estimate of drug-likeness (QED) is 0.537. The van der Waals surface area contributed by atoms with Gasteiger partial charge in [-0.15, -0.1) is 0 Å². The Morgan fingerprint density at radius 3 is 2.76 bits per heavy atom. The van der Waals surface area contributed by atoms with Crippen molar-refractivity contribution < 1.29 is 13.5 Å². The molecular weight excluding hydrogens is 319 g/mol. The number of fused-ring (bicyclic) bond motifs is 1. The average molecular weight is 336 g/mol. The molecule has 0 N–H and O–H groups in total. The van der Waals surface area contributed by atoms with Gasteiger partial charge >= 0.3 is 0 Å². The molecule has 126 valence electrons. The molecule has 25 heavy (non-hydrogen) atoms. The van der Waals surface area contributed by atoms with E-state index >= 15 is 0 Å². The van der Waals surface area contributed by atoms with Crippen LogP contribution in [-0.4, -0.2) is 16.7 Å². The van der Waals surface area contributed by atoms with Gasteiger partial charge in [0.1, 0.15) is 17.3 Å². The minimum absolute atomic E-state index is 0.290. The molecule has 0 amide bonds. The molecule has 2 aromatic heterocycles. The van der Waals surface area contributed by atoms with Crippen LogP contribution in [0.4, 0.5) is 4.39 Å².